The Morgan fingerprint density at radius 1 is 1.33 bits per heavy atom. The zero-order valence-corrected chi connectivity index (χ0v) is 13.1. The Labute approximate surface area is 125 Å². The number of nitrogens with one attached hydrogen (secondary N) is 1. The van der Waals surface area contributed by atoms with E-state index < -0.39 is 16.0 Å². The molecule has 21 heavy (non-hydrogen) atoms. The molecule has 0 radical (unpaired) electrons. The van der Waals surface area contributed by atoms with E-state index >= 15 is 0 Å². The molecule has 1 saturated carbocycles. The lowest BCUT2D eigenvalue weighted by Gasteiger charge is -2.27. The third kappa shape index (κ3) is 3.63. The fourth-order valence-corrected chi connectivity index (χ4v) is 4.51. The summed E-state index contributed by atoms with van der Waals surface area (Å²) < 4.78 is 27.7. The smallest absolute Gasteiger partial charge is 0.335 e. The number of carbonyl (C=O) groups is 1. The van der Waals surface area contributed by atoms with Crippen molar-refractivity contribution < 1.29 is 18.3 Å². The van der Waals surface area contributed by atoms with Gasteiger partial charge in [0.1, 0.15) is 0 Å². The summed E-state index contributed by atoms with van der Waals surface area (Å²) in [5, 5.41) is 9.10. The molecule has 0 heterocycles. The maximum atomic E-state index is 12.5. The molecule has 116 valence electrons. The van der Waals surface area contributed by atoms with E-state index in [4.69, 9.17) is 5.11 Å². The summed E-state index contributed by atoms with van der Waals surface area (Å²) in [6, 6.07) is 4.27. The van der Waals surface area contributed by atoms with Gasteiger partial charge in [-0.15, -0.1) is 0 Å². The van der Waals surface area contributed by atoms with Crippen LogP contribution in [-0.2, 0) is 10.0 Å². The fraction of sp³-hybridized carbons (Fsp3) is 0.533. The summed E-state index contributed by atoms with van der Waals surface area (Å²) >= 11 is 0. The first-order valence-electron chi connectivity index (χ1n) is 7.16. The van der Waals surface area contributed by atoms with Crippen molar-refractivity contribution in [1.82, 2.24) is 4.72 Å². The van der Waals surface area contributed by atoms with Crippen molar-refractivity contribution in [3.05, 3.63) is 29.3 Å². The summed E-state index contributed by atoms with van der Waals surface area (Å²) in [4.78, 5) is 11.2. The van der Waals surface area contributed by atoms with Crippen molar-refractivity contribution in [3.63, 3.8) is 0 Å². The lowest BCUT2D eigenvalue weighted by atomic mass is 9.88. The van der Waals surface area contributed by atoms with Crippen LogP contribution in [0.15, 0.2) is 23.1 Å². The van der Waals surface area contributed by atoms with Crippen molar-refractivity contribution in [2.24, 2.45) is 5.92 Å². The largest absolute Gasteiger partial charge is 0.478 e. The number of hydrogen-bond acceptors (Lipinski definition) is 3. The third-order valence-corrected chi connectivity index (χ3v) is 5.73. The van der Waals surface area contributed by atoms with E-state index in [0.717, 1.165) is 25.7 Å². The van der Waals surface area contributed by atoms with Gasteiger partial charge in [0.05, 0.1) is 10.5 Å². The van der Waals surface area contributed by atoms with Crippen molar-refractivity contribution in [2.45, 2.75) is 50.5 Å². The highest BCUT2D eigenvalue weighted by Crippen LogP contribution is 2.26. The molecule has 0 aromatic heterocycles. The summed E-state index contributed by atoms with van der Waals surface area (Å²) in [5.41, 5.74) is 0.302. The monoisotopic (exact) mass is 311 g/mol. The Bertz CT molecular complexity index is 639. The molecule has 2 unspecified atom stereocenters. The van der Waals surface area contributed by atoms with E-state index in [0.29, 0.717) is 5.92 Å². The van der Waals surface area contributed by atoms with Crippen LogP contribution in [0.25, 0.3) is 0 Å². The molecular weight excluding hydrogens is 290 g/mol. The van der Waals surface area contributed by atoms with E-state index in [9.17, 15) is 13.2 Å². The van der Waals surface area contributed by atoms with Crippen LogP contribution >= 0.6 is 0 Å². The first-order chi connectivity index (χ1) is 9.81. The molecule has 0 spiro atoms. The van der Waals surface area contributed by atoms with Gasteiger partial charge in [0, 0.05) is 6.04 Å². The van der Waals surface area contributed by atoms with Gasteiger partial charge >= 0.3 is 5.97 Å². The molecule has 2 rings (SSSR count). The van der Waals surface area contributed by atoms with Gasteiger partial charge in [0.25, 0.3) is 0 Å². The van der Waals surface area contributed by atoms with Crippen LogP contribution in [-0.4, -0.2) is 25.5 Å². The number of sulfonamides is 1. The normalized spacial score (nSPS) is 23.0. The van der Waals surface area contributed by atoms with Gasteiger partial charge < -0.3 is 5.11 Å². The van der Waals surface area contributed by atoms with Crippen LogP contribution < -0.4 is 4.72 Å². The number of aromatic carboxylic acids is 1. The number of benzene rings is 1. The summed E-state index contributed by atoms with van der Waals surface area (Å²) in [6.45, 7) is 3.65. The molecule has 1 aliphatic carbocycles. The van der Waals surface area contributed by atoms with Gasteiger partial charge in [-0.25, -0.2) is 17.9 Å². The van der Waals surface area contributed by atoms with Crippen LogP contribution in [0.3, 0.4) is 0 Å². The first kappa shape index (κ1) is 16.0. The Hall–Kier alpha value is -1.40. The van der Waals surface area contributed by atoms with E-state index in [1.165, 1.54) is 25.1 Å². The van der Waals surface area contributed by atoms with Gasteiger partial charge in [0.15, 0.2) is 0 Å². The number of carboxylic acid groups (broad SMARTS) is 1. The summed E-state index contributed by atoms with van der Waals surface area (Å²) in [6.07, 6.45) is 3.81. The average molecular weight is 311 g/mol. The molecule has 0 amide bonds. The van der Waals surface area contributed by atoms with Crippen molar-refractivity contribution in [3.8, 4) is 0 Å². The van der Waals surface area contributed by atoms with Crippen LogP contribution in [0, 0.1) is 12.8 Å². The second kappa shape index (κ2) is 6.15. The van der Waals surface area contributed by atoms with E-state index in [1.54, 1.807) is 0 Å². The van der Waals surface area contributed by atoms with Gasteiger partial charge in [-0.1, -0.05) is 25.8 Å². The molecule has 1 fully saturated rings. The lowest BCUT2D eigenvalue weighted by Crippen LogP contribution is -2.38. The average Bonchev–Trinajstić information content (AvgIpc) is 2.37. The SMILES string of the molecule is Cc1c(C(=O)O)cccc1S(=O)(=O)NC1CCCC(C)C1. The van der Waals surface area contributed by atoms with E-state index in [1.807, 2.05) is 0 Å². The molecule has 5 nitrogen and oxygen atoms in total. The Balaban J connectivity index is 2.27. The van der Waals surface area contributed by atoms with Crippen molar-refractivity contribution in [1.29, 1.82) is 0 Å². The van der Waals surface area contributed by atoms with Crippen LogP contribution in [0.2, 0.25) is 0 Å². The highest BCUT2D eigenvalue weighted by atomic mass is 32.2. The molecular formula is C15H21NO4S. The van der Waals surface area contributed by atoms with Gasteiger partial charge in [0.2, 0.25) is 10.0 Å². The minimum absolute atomic E-state index is 0.0230. The number of rotatable bonds is 4. The quantitative estimate of drug-likeness (QED) is 0.895. The molecule has 1 aromatic carbocycles. The molecule has 0 aliphatic heterocycles. The third-order valence-electron chi connectivity index (χ3n) is 4.06. The second-order valence-corrected chi connectivity index (χ2v) is 7.51. The van der Waals surface area contributed by atoms with Crippen molar-refractivity contribution >= 4 is 16.0 Å². The molecule has 2 atom stereocenters. The van der Waals surface area contributed by atoms with E-state index in [-0.39, 0.29) is 22.1 Å². The fourth-order valence-electron chi connectivity index (χ4n) is 2.96. The minimum atomic E-state index is -3.68. The number of hydrogen-bond donors (Lipinski definition) is 2. The standard InChI is InChI=1S/C15H21NO4S/c1-10-5-3-6-12(9-10)16-21(19,20)14-8-4-7-13(11(14)2)15(17)18/h4,7-8,10,12,16H,3,5-6,9H2,1-2H3,(H,17,18). The highest BCUT2D eigenvalue weighted by Gasteiger charge is 2.26. The molecule has 6 heteroatoms. The predicted molar refractivity (Wildman–Crippen MR) is 79.9 cm³/mol. The topological polar surface area (TPSA) is 83.5 Å². The zero-order valence-electron chi connectivity index (χ0n) is 12.3. The van der Waals surface area contributed by atoms with Gasteiger partial charge in [-0.2, -0.15) is 0 Å². The molecule has 1 aromatic rings. The van der Waals surface area contributed by atoms with E-state index in [2.05, 4.69) is 11.6 Å². The van der Waals surface area contributed by atoms with Gasteiger partial charge in [-0.05, 0) is 43.4 Å². The molecule has 2 N–H and O–H groups in total. The lowest BCUT2D eigenvalue weighted by molar-refractivity contribution is 0.0696. The van der Waals surface area contributed by atoms with Crippen molar-refractivity contribution in [2.75, 3.05) is 0 Å². The van der Waals surface area contributed by atoms with Crippen LogP contribution in [0.1, 0.15) is 48.5 Å². The van der Waals surface area contributed by atoms with Crippen LogP contribution in [0.5, 0.6) is 0 Å². The van der Waals surface area contributed by atoms with Gasteiger partial charge in [-0.3, -0.25) is 0 Å². The van der Waals surface area contributed by atoms with Crippen LogP contribution in [0.4, 0.5) is 0 Å². The molecule has 1 aliphatic rings. The molecule has 0 saturated heterocycles. The maximum Gasteiger partial charge on any atom is 0.335 e. The second-order valence-electron chi connectivity index (χ2n) is 5.82. The highest BCUT2D eigenvalue weighted by molar-refractivity contribution is 7.89. The summed E-state index contributed by atoms with van der Waals surface area (Å²) in [7, 11) is -3.68. The Morgan fingerprint density at radius 2 is 2.05 bits per heavy atom. The maximum absolute atomic E-state index is 12.5. The first-order valence-corrected chi connectivity index (χ1v) is 8.65. The zero-order chi connectivity index (χ0) is 15.6. The predicted octanol–water partition coefficient (Wildman–Crippen LogP) is 2.55. The molecule has 0 bridgehead atoms. The number of carboxylic acids is 1. The Kier molecular flexibility index (Phi) is 4.68. The minimum Gasteiger partial charge on any atom is -0.478 e. The Morgan fingerprint density at radius 3 is 2.67 bits per heavy atom. The summed E-state index contributed by atoms with van der Waals surface area (Å²) in [5.74, 6) is -0.603.